The third kappa shape index (κ3) is 3.81. The van der Waals surface area contributed by atoms with Crippen molar-refractivity contribution < 1.29 is 13.6 Å². The molecule has 0 bridgehead atoms. The molecule has 0 saturated heterocycles. The molecule has 0 fully saturated rings. The Labute approximate surface area is 138 Å². The van der Waals surface area contributed by atoms with Crippen molar-refractivity contribution in [3.8, 4) is 11.1 Å². The Hall–Kier alpha value is -3.08. The van der Waals surface area contributed by atoms with Crippen LogP contribution in [0.3, 0.4) is 0 Å². The monoisotopic (exact) mass is 324 g/mol. The number of aromatic nitrogens is 1. The number of pyridine rings is 1. The minimum atomic E-state index is -0.657. The maximum atomic E-state index is 13.4. The molecule has 0 aliphatic carbocycles. The number of amides is 1. The van der Waals surface area contributed by atoms with Crippen LogP contribution >= 0.6 is 0 Å². The second-order valence-corrected chi connectivity index (χ2v) is 5.24. The lowest BCUT2D eigenvalue weighted by atomic mass is 10.0. The van der Waals surface area contributed by atoms with Crippen LogP contribution in [0.1, 0.15) is 16.1 Å². The van der Waals surface area contributed by atoms with Gasteiger partial charge in [0.05, 0.1) is 12.2 Å². The zero-order valence-electron chi connectivity index (χ0n) is 12.7. The Bertz CT molecular complexity index is 846. The van der Waals surface area contributed by atoms with Crippen molar-refractivity contribution in [3.63, 3.8) is 0 Å². The Morgan fingerprint density at radius 3 is 2.42 bits per heavy atom. The summed E-state index contributed by atoms with van der Waals surface area (Å²) < 4.78 is 26.7. The van der Waals surface area contributed by atoms with Gasteiger partial charge >= 0.3 is 0 Å². The second kappa shape index (κ2) is 7.00. The topological polar surface area (TPSA) is 42.0 Å². The molecule has 5 heteroatoms. The summed E-state index contributed by atoms with van der Waals surface area (Å²) in [6.45, 7) is 0.304. The van der Waals surface area contributed by atoms with E-state index in [1.54, 1.807) is 36.5 Å². The van der Waals surface area contributed by atoms with Gasteiger partial charge in [-0.1, -0.05) is 18.2 Å². The molecule has 24 heavy (non-hydrogen) atoms. The van der Waals surface area contributed by atoms with E-state index in [1.807, 2.05) is 12.1 Å². The zero-order chi connectivity index (χ0) is 16.9. The first kappa shape index (κ1) is 15.8. The van der Waals surface area contributed by atoms with E-state index in [4.69, 9.17) is 0 Å². The quantitative estimate of drug-likeness (QED) is 0.789. The van der Waals surface area contributed by atoms with E-state index in [2.05, 4.69) is 10.3 Å². The Morgan fingerprint density at radius 1 is 0.917 bits per heavy atom. The van der Waals surface area contributed by atoms with Gasteiger partial charge in [-0.25, -0.2) is 8.78 Å². The van der Waals surface area contributed by atoms with E-state index in [1.165, 1.54) is 12.1 Å². The number of carbonyl (C=O) groups excluding carboxylic acids is 1. The summed E-state index contributed by atoms with van der Waals surface area (Å²) >= 11 is 0. The van der Waals surface area contributed by atoms with Gasteiger partial charge in [0.15, 0.2) is 0 Å². The third-order valence-electron chi connectivity index (χ3n) is 3.48. The van der Waals surface area contributed by atoms with Crippen LogP contribution < -0.4 is 5.32 Å². The molecule has 3 nitrogen and oxygen atoms in total. The first-order valence-electron chi connectivity index (χ1n) is 7.36. The fourth-order valence-electron chi connectivity index (χ4n) is 2.34. The highest BCUT2D eigenvalue weighted by molar-refractivity contribution is 5.95. The Morgan fingerprint density at radius 2 is 1.71 bits per heavy atom. The summed E-state index contributed by atoms with van der Waals surface area (Å²) in [5.41, 5.74) is 2.10. The standard InChI is InChI=1S/C19H14F2N2O/c20-16-9-15(10-17(21)11-16)13-4-3-5-14(8-13)19(24)23-12-18-6-1-2-7-22-18/h1-11H,12H2,(H,23,24). The van der Waals surface area contributed by atoms with Crippen LogP contribution in [0.2, 0.25) is 0 Å². The lowest BCUT2D eigenvalue weighted by molar-refractivity contribution is 0.0950. The number of hydrogen-bond acceptors (Lipinski definition) is 2. The highest BCUT2D eigenvalue weighted by Gasteiger charge is 2.09. The van der Waals surface area contributed by atoms with Gasteiger partial charge in [-0.2, -0.15) is 0 Å². The van der Waals surface area contributed by atoms with Crippen molar-refractivity contribution in [1.82, 2.24) is 10.3 Å². The molecule has 2 aromatic carbocycles. The minimum Gasteiger partial charge on any atom is -0.346 e. The first-order chi connectivity index (χ1) is 11.6. The molecule has 0 spiro atoms. The molecule has 0 radical (unpaired) electrons. The van der Waals surface area contributed by atoms with E-state index in [0.717, 1.165) is 11.8 Å². The summed E-state index contributed by atoms with van der Waals surface area (Å²) in [5.74, 6) is -1.59. The summed E-state index contributed by atoms with van der Waals surface area (Å²) in [6, 6.07) is 15.3. The lowest BCUT2D eigenvalue weighted by Crippen LogP contribution is -2.23. The summed E-state index contributed by atoms with van der Waals surface area (Å²) in [7, 11) is 0. The van der Waals surface area contributed by atoms with Gasteiger partial charge in [0, 0.05) is 17.8 Å². The average molecular weight is 324 g/mol. The molecule has 0 aliphatic heterocycles. The second-order valence-electron chi connectivity index (χ2n) is 5.24. The largest absolute Gasteiger partial charge is 0.346 e. The van der Waals surface area contributed by atoms with Gasteiger partial charge in [0.25, 0.3) is 5.91 Å². The van der Waals surface area contributed by atoms with E-state index < -0.39 is 11.6 Å². The molecule has 1 heterocycles. The van der Waals surface area contributed by atoms with Crippen LogP contribution in [0.15, 0.2) is 66.9 Å². The molecule has 1 aromatic heterocycles. The van der Waals surface area contributed by atoms with Gasteiger partial charge in [-0.05, 0) is 47.5 Å². The third-order valence-corrected chi connectivity index (χ3v) is 3.48. The smallest absolute Gasteiger partial charge is 0.251 e. The van der Waals surface area contributed by atoms with E-state index in [9.17, 15) is 13.6 Å². The average Bonchev–Trinajstić information content (AvgIpc) is 2.60. The van der Waals surface area contributed by atoms with Gasteiger partial charge in [-0.3, -0.25) is 9.78 Å². The summed E-state index contributed by atoms with van der Waals surface area (Å²) in [6.07, 6.45) is 1.65. The molecule has 0 saturated carbocycles. The number of rotatable bonds is 4. The van der Waals surface area contributed by atoms with Crippen molar-refractivity contribution in [2.75, 3.05) is 0 Å². The van der Waals surface area contributed by atoms with E-state index >= 15 is 0 Å². The molecular weight excluding hydrogens is 310 g/mol. The van der Waals surface area contributed by atoms with Crippen LogP contribution in [-0.2, 0) is 6.54 Å². The van der Waals surface area contributed by atoms with Crippen LogP contribution in [0.5, 0.6) is 0 Å². The SMILES string of the molecule is O=C(NCc1ccccn1)c1cccc(-c2cc(F)cc(F)c2)c1. The molecule has 0 aliphatic rings. The number of nitrogens with zero attached hydrogens (tertiary/aromatic N) is 1. The van der Waals surface area contributed by atoms with Gasteiger partial charge < -0.3 is 5.32 Å². The molecule has 120 valence electrons. The van der Waals surface area contributed by atoms with Gasteiger partial charge in [-0.15, -0.1) is 0 Å². The highest BCUT2D eigenvalue weighted by atomic mass is 19.1. The predicted octanol–water partition coefficient (Wildman–Crippen LogP) is 3.96. The number of hydrogen-bond donors (Lipinski definition) is 1. The maximum Gasteiger partial charge on any atom is 0.251 e. The number of nitrogens with one attached hydrogen (secondary N) is 1. The van der Waals surface area contributed by atoms with Crippen molar-refractivity contribution in [3.05, 3.63) is 89.8 Å². The van der Waals surface area contributed by atoms with E-state index in [0.29, 0.717) is 23.2 Å². The minimum absolute atomic E-state index is 0.278. The van der Waals surface area contributed by atoms with Crippen LogP contribution in [0, 0.1) is 11.6 Å². The zero-order valence-corrected chi connectivity index (χ0v) is 12.7. The highest BCUT2D eigenvalue weighted by Crippen LogP contribution is 2.22. The van der Waals surface area contributed by atoms with Crippen molar-refractivity contribution >= 4 is 5.91 Å². The molecule has 1 N–H and O–H groups in total. The number of halogens is 2. The Kier molecular flexibility index (Phi) is 4.61. The molecule has 0 unspecified atom stereocenters. The molecule has 0 atom stereocenters. The van der Waals surface area contributed by atoms with Gasteiger partial charge in [0.1, 0.15) is 11.6 Å². The Balaban J connectivity index is 1.78. The fraction of sp³-hybridized carbons (Fsp3) is 0.0526. The van der Waals surface area contributed by atoms with E-state index in [-0.39, 0.29) is 5.91 Å². The van der Waals surface area contributed by atoms with Crippen molar-refractivity contribution in [1.29, 1.82) is 0 Å². The molecular formula is C19H14F2N2O. The predicted molar refractivity (Wildman–Crippen MR) is 87.2 cm³/mol. The molecule has 1 amide bonds. The fourth-order valence-corrected chi connectivity index (χ4v) is 2.34. The van der Waals surface area contributed by atoms with Crippen LogP contribution in [0.4, 0.5) is 8.78 Å². The summed E-state index contributed by atoms with van der Waals surface area (Å²) in [5, 5.41) is 2.77. The molecule has 3 aromatic rings. The van der Waals surface area contributed by atoms with Crippen molar-refractivity contribution in [2.24, 2.45) is 0 Å². The van der Waals surface area contributed by atoms with Gasteiger partial charge in [0.2, 0.25) is 0 Å². The lowest BCUT2D eigenvalue weighted by Gasteiger charge is -2.07. The maximum absolute atomic E-state index is 13.4. The number of carbonyl (C=O) groups is 1. The summed E-state index contributed by atoms with van der Waals surface area (Å²) in [4.78, 5) is 16.4. The van der Waals surface area contributed by atoms with Crippen LogP contribution in [-0.4, -0.2) is 10.9 Å². The first-order valence-corrected chi connectivity index (χ1v) is 7.36. The van der Waals surface area contributed by atoms with Crippen molar-refractivity contribution in [2.45, 2.75) is 6.54 Å². The van der Waals surface area contributed by atoms with Crippen LogP contribution in [0.25, 0.3) is 11.1 Å². The molecule has 3 rings (SSSR count). The normalized spacial score (nSPS) is 10.4. The number of benzene rings is 2.